The first-order valence-corrected chi connectivity index (χ1v) is 9.35. The lowest BCUT2D eigenvalue weighted by atomic mass is 9.97. The van der Waals surface area contributed by atoms with Gasteiger partial charge in [0, 0.05) is 22.1 Å². The summed E-state index contributed by atoms with van der Waals surface area (Å²) in [4.78, 5) is 12.0. The Morgan fingerprint density at radius 2 is 2.09 bits per heavy atom. The molecule has 22 heavy (non-hydrogen) atoms. The molecule has 0 unspecified atom stereocenters. The lowest BCUT2D eigenvalue weighted by molar-refractivity contribution is 0.393. The fourth-order valence-corrected chi connectivity index (χ4v) is 5.31. The predicted octanol–water partition coefficient (Wildman–Crippen LogP) is 4.47. The second kappa shape index (κ2) is 5.66. The van der Waals surface area contributed by atoms with Crippen LogP contribution in [0, 0.1) is 13.8 Å². The van der Waals surface area contributed by atoms with Gasteiger partial charge in [0.15, 0.2) is 0 Å². The Kier molecular flexibility index (Phi) is 3.66. The highest BCUT2D eigenvalue weighted by atomic mass is 32.2. The van der Waals surface area contributed by atoms with E-state index in [4.69, 9.17) is 9.51 Å². The molecule has 0 bridgehead atoms. The molecule has 0 aliphatic heterocycles. The van der Waals surface area contributed by atoms with Crippen molar-refractivity contribution in [2.45, 2.75) is 50.3 Å². The van der Waals surface area contributed by atoms with Crippen LogP contribution in [0.4, 0.5) is 0 Å². The molecule has 1 aliphatic rings. The van der Waals surface area contributed by atoms with Crippen molar-refractivity contribution in [2.24, 2.45) is 0 Å². The van der Waals surface area contributed by atoms with E-state index in [1.165, 1.54) is 41.5 Å². The molecular weight excluding hydrogens is 314 g/mol. The summed E-state index contributed by atoms with van der Waals surface area (Å²) in [6.45, 7) is 3.89. The molecule has 4 rings (SSSR count). The van der Waals surface area contributed by atoms with Gasteiger partial charge in [-0.2, -0.15) is 0 Å². The van der Waals surface area contributed by atoms with Gasteiger partial charge in [-0.3, -0.25) is 0 Å². The van der Waals surface area contributed by atoms with Crippen molar-refractivity contribution < 1.29 is 4.52 Å². The lowest BCUT2D eigenvalue weighted by Gasteiger charge is -2.11. The molecular formula is C16H17N3OS2. The van der Waals surface area contributed by atoms with Crippen molar-refractivity contribution in [1.29, 1.82) is 0 Å². The van der Waals surface area contributed by atoms with Gasteiger partial charge in [0.1, 0.15) is 21.4 Å². The molecule has 0 saturated carbocycles. The van der Waals surface area contributed by atoms with Crippen molar-refractivity contribution in [1.82, 2.24) is 15.1 Å². The van der Waals surface area contributed by atoms with Crippen LogP contribution in [0.3, 0.4) is 0 Å². The van der Waals surface area contributed by atoms with Gasteiger partial charge >= 0.3 is 0 Å². The molecule has 3 aromatic rings. The van der Waals surface area contributed by atoms with E-state index in [1.54, 1.807) is 11.8 Å². The first-order valence-electron chi connectivity index (χ1n) is 7.54. The van der Waals surface area contributed by atoms with E-state index in [0.29, 0.717) is 0 Å². The van der Waals surface area contributed by atoms with Crippen molar-refractivity contribution in [2.75, 3.05) is 0 Å². The Hall–Kier alpha value is -1.40. The van der Waals surface area contributed by atoms with Gasteiger partial charge in [0.25, 0.3) is 0 Å². The average molecular weight is 331 g/mol. The quantitative estimate of drug-likeness (QED) is 0.523. The smallest absolute Gasteiger partial charge is 0.133 e. The van der Waals surface area contributed by atoms with Crippen LogP contribution >= 0.6 is 23.1 Å². The van der Waals surface area contributed by atoms with E-state index in [-0.39, 0.29) is 0 Å². The monoisotopic (exact) mass is 331 g/mol. The number of hydrogen-bond acceptors (Lipinski definition) is 6. The van der Waals surface area contributed by atoms with Crippen LogP contribution in [-0.2, 0) is 18.6 Å². The Balaban J connectivity index is 1.73. The van der Waals surface area contributed by atoms with Gasteiger partial charge in [0.2, 0.25) is 0 Å². The van der Waals surface area contributed by atoms with E-state index in [2.05, 4.69) is 10.1 Å². The summed E-state index contributed by atoms with van der Waals surface area (Å²) in [6, 6.07) is 1.99. The number of thiophene rings is 1. The normalized spacial score (nSPS) is 14.5. The molecule has 6 heteroatoms. The number of aromatic nitrogens is 3. The van der Waals surface area contributed by atoms with E-state index in [9.17, 15) is 0 Å². The molecule has 0 atom stereocenters. The second-order valence-corrected chi connectivity index (χ2v) is 7.73. The minimum Gasteiger partial charge on any atom is -0.361 e. The SMILES string of the molecule is Cc1nc(SCc2cc(C)on2)c2c3c(sc2n1)CCCC3. The second-order valence-electron chi connectivity index (χ2n) is 5.68. The molecule has 0 radical (unpaired) electrons. The summed E-state index contributed by atoms with van der Waals surface area (Å²) in [5, 5.41) is 6.46. The molecule has 114 valence electrons. The Bertz CT molecular complexity index is 837. The summed E-state index contributed by atoms with van der Waals surface area (Å²) in [5.74, 6) is 2.49. The van der Waals surface area contributed by atoms with Gasteiger partial charge in [0.05, 0.1) is 5.69 Å². The maximum Gasteiger partial charge on any atom is 0.133 e. The average Bonchev–Trinajstić information content (AvgIpc) is 3.07. The van der Waals surface area contributed by atoms with Crippen LogP contribution in [0.25, 0.3) is 10.2 Å². The molecule has 0 fully saturated rings. The first kappa shape index (κ1) is 14.2. The molecule has 0 amide bonds. The zero-order valence-electron chi connectivity index (χ0n) is 12.7. The maximum absolute atomic E-state index is 5.15. The third-order valence-corrected chi connectivity index (χ3v) is 6.12. The fraction of sp³-hybridized carbons (Fsp3) is 0.438. The topological polar surface area (TPSA) is 51.8 Å². The summed E-state index contributed by atoms with van der Waals surface area (Å²) in [5.41, 5.74) is 2.46. The minimum absolute atomic E-state index is 0.785. The van der Waals surface area contributed by atoms with Crippen molar-refractivity contribution in [3.63, 3.8) is 0 Å². The number of hydrogen-bond donors (Lipinski definition) is 0. The Morgan fingerprint density at radius 3 is 2.91 bits per heavy atom. The minimum atomic E-state index is 0.785. The number of nitrogens with zero attached hydrogens (tertiary/aromatic N) is 3. The molecule has 0 aromatic carbocycles. The Morgan fingerprint density at radius 1 is 1.23 bits per heavy atom. The number of thioether (sulfide) groups is 1. The largest absolute Gasteiger partial charge is 0.361 e. The van der Waals surface area contributed by atoms with Crippen LogP contribution in [0.2, 0.25) is 0 Å². The molecule has 0 N–H and O–H groups in total. The lowest BCUT2D eigenvalue weighted by Crippen LogP contribution is -1.99. The summed E-state index contributed by atoms with van der Waals surface area (Å²) >= 11 is 3.60. The van der Waals surface area contributed by atoms with Crippen molar-refractivity contribution >= 4 is 33.3 Å². The van der Waals surface area contributed by atoms with Gasteiger partial charge in [-0.25, -0.2) is 9.97 Å². The molecule has 3 aromatic heterocycles. The highest BCUT2D eigenvalue weighted by molar-refractivity contribution is 7.98. The standard InChI is InChI=1S/C16H17N3OS2/c1-9-7-11(19-20-9)8-21-15-14-12-5-3-4-6-13(12)22-16(14)18-10(2)17-15/h7H,3-6,8H2,1-2H3. The highest BCUT2D eigenvalue weighted by Crippen LogP contribution is 2.40. The van der Waals surface area contributed by atoms with Crippen molar-refractivity contribution in [3.05, 3.63) is 33.8 Å². The number of aryl methyl sites for hydroxylation is 4. The third kappa shape index (κ3) is 2.54. The van der Waals surface area contributed by atoms with Crippen LogP contribution in [-0.4, -0.2) is 15.1 Å². The van der Waals surface area contributed by atoms with Crippen LogP contribution in [0.15, 0.2) is 15.6 Å². The van der Waals surface area contributed by atoms with Crippen LogP contribution in [0.1, 0.15) is 40.6 Å². The third-order valence-electron chi connectivity index (χ3n) is 3.93. The fourth-order valence-electron chi connectivity index (χ4n) is 2.96. The molecule has 4 nitrogen and oxygen atoms in total. The Labute approximate surface area is 137 Å². The number of rotatable bonds is 3. The van der Waals surface area contributed by atoms with E-state index >= 15 is 0 Å². The summed E-state index contributed by atoms with van der Waals surface area (Å²) in [7, 11) is 0. The summed E-state index contributed by atoms with van der Waals surface area (Å²) in [6.07, 6.45) is 4.94. The van der Waals surface area contributed by atoms with Gasteiger partial charge in [-0.15, -0.1) is 11.3 Å². The molecule has 3 heterocycles. The molecule has 0 saturated heterocycles. The zero-order chi connectivity index (χ0) is 15.1. The molecule has 0 spiro atoms. The predicted molar refractivity (Wildman–Crippen MR) is 89.6 cm³/mol. The highest BCUT2D eigenvalue weighted by Gasteiger charge is 2.21. The van der Waals surface area contributed by atoms with Gasteiger partial charge in [-0.1, -0.05) is 16.9 Å². The van der Waals surface area contributed by atoms with E-state index < -0.39 is 0 Å². The van der Waals surface area contributed by atoms with Crippen LogP contribution in [0.5, 0.6) is 0 Å². The zero-order valence-corrected chi connectivity index (χ0v) is 14.3. The number of fused-ring (bicyclic) bond motifs is 3. The van der Waals surface area contributed by atoms with E-state index in [0.717, 1.165) is 32.9 Å². The van der Waals surface area contributed by atoms with Crippen LogP contribution < -0.4 is 0 Å². The summed E-state index contributed by atoms with van der Waals surface area (Å²) < 4.78 is 5.15. The van der Waals surface area contributed by atoms with Gasteiger partial charge in [-0.05, 0) is 45.1 Å². The first-order chi connectivity index (χ1) is 10.7. The van der Waals surface area contributed by atoms with Crippen molar-refractivity contribution in [3.8, 4) is 0 Å². The maximum atomic E-state index is 5.15. The van der Waals surface area contributed by atoms with E-state index in [1.807, 2.05) is 31.3 Å². The van der Waals surface area contributed by atoms with Gasteiger partial charge < -0.3 is 4.52 Å². The molecule has 1 aliphatic carbocycles.